The molecule has 110 valence electrons. The molecule has 2 aromatic rings. The lowest BCUT2D eigenvalue weighted by molar-refractivity contribution is -0.142. The quantitative estimate of drug-likeness (QED) is 0.859. The molecule has 0 spiro atoms. The lowest BCUT2D eigenvalue weighted by atomic mass is 10.2. The number of benzene rings is 2. The Morgan fingerprint density at radius 2 is 1.81 bits per heavy atom. The Morgan fingerprint density at radius 1 is 1.10 bits per heavy atom. The number of carbonyl (C=O) groups excluding carboxylic acids is 1. The minimum absolute atomic E-state index is 0.0220. The van der Waals surface area contributed by atoms with Crippen LogP contribution in [0.5, 0.6) is 11.5 Å². The molecule has 0 fully saturated rings. The van der Waals surface area contributed by atoms with Gasteiger partial charge in [-0.1, -0.05) is 12.1 Å². The Hall–Kier alpha value is -2.56. The van der Waals surface area contributed by atoms with E-state index in [-0.39, 0.29) is 24.8 Å². The van der Waals surface area contributed by atoms with E-state index in [2.05, 4.69) is 0 Å². The topological polar surface area (TPSA) is 55.8 Å². The first kappa shape index (κ1) is 14.8. The Morgan fingerprint density at radius 3 is 2.48 bits per heavy atom. The second kappa shape index (κ2) is 6.74. The highest BCUT2D eigenvalue weighted by Gasteiger charge is 2.04. The number of aromatic hydroxyl groups is 1. The van der Waals surface area contributed by atoms with E-state index in [1.165, 1.54) is 31.2 Å². The fourth-order valence-corrected chi connectivity index (χ4v) is 1.74. The first-order valence-corrected chi connectivity index (χ1v) is 6.36. The number of phenolic OH excluding ortho intramolecular Hbond substituents is 1. The lowest BCUT2D eigenvalue weighted by Crippen LogP contribution is -2.00. The van der Waals surface area contributed by atoms with Gasteiger partial charge in [0, 0.05) is 13.0 Å². The largest absolute Gasteiger partial charge is 0.508 e. The van der Waals surface area contributed by atoms with Gasteiger partial charge in [-0.2, -0.15) is 0 Å². The van der Waals surface area contributed by atoms with Crippen molar-refractivity contribution >= 4 is 5.97 Å². The first-order valence-electron chi connectivity index (χ1n) is 6.36. The lowest BCUT2D eigenvalue weighted by Gasteiger charge is -2.09. The third-order valence-electron chi connectivity index (χ3n) is 2.71. The van der Waals surface area contributed by atoms with Crippen molar-refractivity contribution in [2.75, 3.05) is 0 Å². The van der Waals surface area contributed by atoms with Crippen molar-refractivity contribution in [2.24, 2.45) is 0 Å². The smallest absolute Gasteiger partial charge is 0.302 e. The van der Waals surface area contributed by atoms with Crippen LogP contribution < -0.4 is 4.74 Å². The maximum atomic E-state index is 12.8. The van der Waals surface area contributed by atoms with Crippen LogP contribution in [-0.4, -0.2) is 11.1 Å². The van der Waals surface area contributed by atoms with Crippen molar-refractivity contribution in [1.82, 2.24) is 0 Å². The number of phenols is 1. The second-order valence-corrected chi connectivity index (χ2v) is 4.53. The van der Waals surface area contributed by atoms with Gasteiger partial charge in [-0.3, -0.25) is 4.79 Å². The van der Waals surface area contributed by atoms with Gasteiger partial charge in [0.1, 0.15) is 30.5 Å². The zero-order chi connectivity index (χ0) is 15.2. The third-order valence-corrected chi connectivity index (χ3v) is 2.71. The first-order chi connectivity index (χ1) is 10.0. The Bertz CT molecular complexity index is 623. The summed E-state index contributed by atoms with van der Waals surface area (Å²) in [5, 5.41) is 9.62. The summed E-state index contributed by atoms with van der Waals surface area (Å²) >= 11 is 0. The predicted octanol–water partition coefficient (Wildman–Crippen LogP) is 3.17. The minimum atomic E-state index is -0.396. The normalized spacial score (nSPS) is 10.2. The van der Waals surface area contributed by atoms with Crippen LogP contribution in [0.3, 0.4) is 0 Å². The monoisotopic (exact) mass is 290 g/mol. The van der Waals surface area contributed by atoms with Crippen molar-refractivity contribution in [3.8, 4) is 11.5 Å². The summed E-state index contributed by atoms with van der Waals surface area (Å²) in [6.45, 7) is 1.63. The Labute approximate surface area is 121 Å². The van der Waals surface area contributed by atoms with E-state index in [4.69, 9.17) is 9.47 Å². The molecule has 0 aromatic heterocycles. The molecule has 0 radical (unpaired) electrons. The SMILES string of the molecule is CC(=O)OCc1cc(O)cc(OCc2ccc(F)cc2)c1. The predicted molar refractivity (Wildman–Crippen MR) is 74.3 cm³/mol. The molecule has 0 atom stereocenters. The van der Waals surface area contributed by atoms with Crippen molar-refractivity contribution in [3.63, 3.8) is 0 Å². The van der Waals surface area contributed by atoms with Gasteiger partial charge in [-0.15, -0.1) is 0 Å². The summed E-state index contributed by atoms with van der Waals surface area (Å²) < 4.78 is 23.2. The second-order valence-electron chi connectivity index (χ2n) is 4.53. The van der Waals surface area contributed by atoms with Crippen molar-refractivity contribution in [3.05, 3.63) is 59.4 Å². The van der Waals surface area contributed by atoms with Gasteiger partial charge >= 0.3 is 5.97 Å². The molecule has 1 N–H and O–H groups in total. The average Bonchev–Trinajstić information content (AvgIpc) is 2.44. The molecule has 21 heavy (non-hydrogen) atoms. The number of hydrogen-bond donors (Lipinski definition) is 1. The molecule has 2 rings (SSSR count). The number of esters is 1. The van der Waals surface area contributed by atoms with Crippen molar-refractivity contribution < 1.29 is 23.8 Å². The van der Waals surface area contributed by atoms with Crippen LogP contribution in [0.15, 0.2) is 42.5 Å². The van der Waals surface area contributed by atoms with Crippen LogP contribution >= 0.6 is 0 Å². The fourth-order valence-electron chi connectivity index (χ4n) is 1.74. The van der Waals surface area contributed by atoms with Crippen LogP contribution in [0.25, 0.3) is 0 Å². The Kier molecular flexibility index (Phi) is 4.77. The molecule has 0 aliphatic carbocycles. The minimum Gasteiger partial charge on any atom is -0.508 e. The molecule has 0 aliphatic rings. The van der Waals surface area contributed by atoms with Gasteiger partial charge in [-0.05, 0) is 35.4 Å². The van der Waals surface area contributed by atoms with Gasteiger partial charge in [0.15, 0.2) is 0 Å². The summed E-state index contributed by atoms with van der Waals surface area (Å²) in [5.74, 6) is -0.234. The van der Waals surface area contributed by atoms with Gasteiger partial charge in [0.2, 0.25) is 0 Å². The molecule has 0 bridgehead atoms. The zero-order valence-electron chi connectivity index (χ0n) is 11.5. The van der Waals surface area contributed by atoms with Crippen molar-refractivity contribution in [1.29, 1.82) is 0 Å². The highest BCUT2D eigenvalue weighted by molar-refractivity contribution is 5.65. The van der Waals surface area contributed by atoms with Gasteiger partial charge < -0.3 is 14.6 Å². The maximum Gasteiger partial charge on any atom is 0.302 e. The van der Waals surface area contributed by atoms with Gasteiger partial charge in [-0.25, -0.2) is 4.39 Å². The van der Waals surface area contributed by atoms with E-state index >= 15 is 0 Å². The molecule has 0 saturated carbocycles. The molecular weight excluding hydrogens is 275 g/mol. The van der Waals surface area contributed by atoms with E-state index in [1.807, 2.05) is 0 Å². The van der Waals surface area contributed by atoms with E-state index in [9.17, 15) is 14.3 Å². The summed E-state index contributed by atoms with van der Waals surface area (Å²) in [6.07, 6.45) is 0. The molecule has 0 saturated heterocycles. The number of ether oxygens (including phenoxy) is 2. The van der Waals surface area contributed by atoms with Gasteiger partial charge in [0.05, 0.1) is 0 Å². The molecule has 0 heterocycles. The highest BCUT2D eigenvalue weighted by atomic mass is 19.1. The molecule has 0 amide bonds. The molecular formula is C16H15FO4. The zero-order valence-corrected chi connectivity index (χ0v) is 11.5. The van der Waals surface area contributed by atoms with Crippen LogP contribution in [0.2, 0.25) is 0 Å². The van der Waals surface area contributed by atoms with E-state index < -0.39 is 5.97 Å². The molecule has 5 heteroatoms. The van der Waals surface area contributed by atoms with Crippen LogP contribution in [0.4, 0.5) is 4.39 Å². The van der Waals surface area contributed by atoms with Crippen molar-refractivity contribution in [2.45, 2.75) is 20.1 Å². The molecule has 0 aliphatic heterocycles. The van der Waals surface area contributed by atoms with Crippen LogP contribution in [-0.2, 0) is 22.7 Å². The maximum absolute atomic E-state index is 12.8. The third kappa shape index (κ3) is 4.80. The number of carbonyl (C=O) groups is 1. The molecule has 0 unspecified atom stereocenters. The van der Waals surface area contributed by atoms with Crippen LogP contribution in [0, 0.1) is 5.82 Å². The highest BCUT2D eigenvalue weighted by Crippen LogP contribution is 2.23. The van der Waals surface area contributed by atoms with Gasteiger partial charge in [0.25, 0.3) is 0 Å². The molecule has 4 nitrogen and oxygen atoms in total. The number of rotatable bonds is 5. The van der Waals surface area contributed by atoms with E-state index in [1.54, 1.807) is 18.2 Å². The standard InChI is InChI=1S/C16H15FO4/c1-11(18)20-10-13-6-15(19)8-16(7-13)21-9-12-2-4-14(17)5-3-12/h2-8,19H,9-10H2,1H3. The van der Waals surface area contributed by atoms with Crippen LogP contribution in [0.1, 0.15) is 18.1 Å². The Balaban J connectivity index is 2.02. The summed E-state index contributed by atoms with van der Waals surface area (Å²) in [6, 6.07) is 10.6. The van der Waals surface area contributed by atoms with E-state index in [0.29, 0.717) is 11.3 Å². The summed E-state index contributed by atoms with van der Waals surface area (Å²) in [5.41, 5.74) is 1.43. The van der Waals surface area contributed by atoms with E-state index in [0.717, 1.165) is 5.56 Å². The average molecular weight is 290 g/mol. The summed E-state index contributed by atoms with van der Waals surface area (Å²) in [7, 11) is 0. The summed E-state index contributed by atoms with van der Waals surface area (Å²) in [4.78, 5) is 10.8. The number of halogens is 1. The molecule has 2 aromatic carbocycles. The fraction of sp³-hybridized carbons (Fsp3) is 0.188. The number of hydrogen-bond acceptors (Lipinski definition) is 4.